The molecule has 0 radical (unpaired) electrons. The van der Waals surface area contributed by atoms with Crippen LogP contribution < -0.4 is 0 Å². The third kappa shape index (κ3) is 5.82. The number of nitrogens with zero attached hydrogens (tertiary/aromatic N) is 5. The lowest BCUT2D eigenvalue weighted by atomic mass is 9.82. The van der Waals surface area contributed by atoms with Crippen molar-refractivity contribution in [1.82, 2.24) is 19.8 Å². The van der Waals surface area contributed by atoms with Crippen LogP contribution >= 0.6 is 25.1 Å². The van der Waals surface area contributed by atoms with E-state index in [9.17, 15) is 14.9 Å². The predicted molar refractivity (Wildman–Crippen MR) is 155 cm³/mol. The van der Waals surface area contributed by atoms with Crippen molar-refractivity contribution in [3.05, 3.63) is 69.6 Å². The summed E-state index contributed by atoms with van der Waals surface area (Å²) < 4.78 is 5.26. The van der Waals surface area contributed by atoms with E-state index in [4.69, 9.17) is 21.3 Å². The Hall–Kier alpha value is -3.35. The number of ether oxygens (including phenoxy) is 1. The quantitative estimate of drug-likeness (QED) is 0.429. The third-order valence-corrected chi connectivity index (χ3v) is 7.91. The van der Waals surface area contributed by atoms with Crippen molar-refractivity contribution in [3.63, 3.8) is 0 Å². The van der Waals surface area contributed by atoms with Crippen LogP contribution in [0.2, 0.25) is 5.02 Å². The molecule has 8 nitrogen and oxygen atoms in total. The van der Waals surface area contributed by atoms with Crippen molar-refractivity contribution in [2.24, 2.45) is 0 Å². The van der Waals surface area contributed by atoms with Gasteiger partial charge in [-0.15, -0.1) is 0 Å². The largest absolute Gasteiger partial charge is 0.449 e. The van der Waals surface area contributed by atoms with Gasteiger partial charge in [0, 0.05) is 48.5 Å². The van der Waals surface area contributed by atoms with Crippen LogP contribution in [0.15, 0.2) is 36.5 Å². The maximum Gasteiger partial charge on any atom is 0.409 e. The first-order valence-electron chi connectivity index (χ1n) is 13.1. The number of benzene rings is 1. The maximum absolute atomic E-state index is 13.5. The summed E-state index contributed by atoms with van der Waals surface area (Å²) in [6.07, 6.45) is 4.56. The normalized spacial score (nSPS) is 18.6. The van der Waals surface area contributed by atoms with Gasteiger partial charge in [-0.1, -0.05) is 24.6 Å². The molecule has 0 N–H and O–H groups in total. The minimum atomic E-state index is -0.325. The van der Waals surface area contributed by atoms with Crippen molar-refractivity contribution in [2.75, 3.05) is 26.2 Å². The molecule has 0 spiro atoms. The molecule has 3 heterocycles. The van der Waals surface area contributed by atoms with E-state index >= 15 is 0 Å². The summed E-state index contributed by atoms with van der Waals surface area (Å²) >= 11 is 6.85. The van der Waals surface area contributed by atoms with Gasteiger partial charge in [0.15, 0.2) is 0 Å². The zero-order valence-corrected chi connectivity index (χ0v) is 23.9. The molecule has 10 heteroatoms. The molecule has 2 atom stereocenters. The number of carbonyl (C=O) groups excluding carboxylic acids is 2. The number of carbonyl (C=O) groups is 2. The lowest BCUT2D eigenvalue weighted by Gasteiger charge is -2.39. The predicted octanol–water partition coefficient (Wildman–Crippen LogP) is 5.23. The average molecular weight is 566 g/mol. The summed E-state index contributed by atoms with van der Waals surface area (Å²) in [6, 6.07) is 11.3. The highest BCUT2D eigenvalue weighted by atomic mass is 35.5. The number of rotatable bonds is 4. The second-order valence-electron chi connectivity index (χ2n) is 10.0. The first-order chi connectivity index (χ1) is 18.4. The molecule has 1 aliphatic carbocycles. The second-order valence-corrected chi connectivity index (χ2v) is 10.4. The minimum absolute atomic E-state index is 0. The summed E-state index contributed by atoms with van der Waals surface area (Å²) in [7, 11) is 0. The Balaban J connectivity index is 0.00000353. The molecular formula is C29H32ClN5O3S. The first-order valence-corrected chi connectivity index (χ1v) is 13.5. The van der Waals surface area contributed by atoms with Gasteiger partial charge >= 0.3 is 6.09 Å². The fourth-order valence-corrected chi connectivity index (χ4v) is 5.80. The van der Waals surface area contributed by atoms with Crippen LogP contribution in [0.5, 0.6) is 0 Å². The summed E-state index contributed by atoms with van der Waals surface area (Å²) in [5.74, 6) is 0.139. The van der Waals surface area contributed by atoms with E-state index < -0.39 is 0 Å². The van der Waals surface area contributed by atoms with E-state index in [0.717, 1.165) is 41.5 Å². The number of aromatic nitrogens is 2. The Morgan fingerprint density at radius 2 is 2.05 bits per heavy atom. The lowest BCUT2D eigenvalue weighted by molar-refractivity contribution is 0.0414. The molecule has 5 rings (SSSR count). The van der Waals surface area contributed by atoms with E-state index in [-0.39, 0.29) is 37.5 Å². The molecule has 2 amide bonds. The highest BCUT2D eigenvalue weighted by molar-refractivity contribution is 7.59. The van der Waals surface area contributed by atoms with Crippen molar-refractivity contribution in [3.8, 4) is 6.07 Å². The molecule has 1 fully saturated rings. The second kappa shape index (κ2) is 12.2. The lowest BCUT2D eigenvalue weighted by Crippen LogP contribution is -2.55. The van der Waals surface area contributed by atoms with Gasteiger partial charge in [-0.05, 0) is 73.9 Å². The van der Waals surface area contributed by atoms with Crippen LogP contribution in [0.1, 0.15) is 65.5 Å². The Labute approximate surface area is 240 Å². The van der Waals surface area contributed by atoms with Gasteiger partial charge in [-0.2, -0.15) is 18.8 Å². The summed E-state index contributed by atoms with van der Waals surface area (Å²) in [6.45, 7) is 5.61. The molecule has 1 unspecified atom stereocenters. The van der Waals surface area contributed by atoms with Crippen LogP contribution in [-0.4, -0.2) is 64.1 Å². The Kier molecular flexibility index (Phi) is 8.98. The standard InChI is InChI=1S/C29H30ClN5O3.H2S/c1-3-12-38-29(37)34-10-11-35(18(2)17-34)28(36)21-5-7-24-26(15-21)33-25-14-19(4-6-23(25)27(24)30)20-8-9-32-22(13-20)16-31;/h5,7-9,13,15,18-19H,3-4,6,10-12,14,17H2,1-2H3;1H2/t18-,19?;/m0./s1. The molecule has 3 aromatic rings. The van der Waals surface area contributed by atoms with Crippen LogP contribution in [0.25, 0.3) is 10.9 Å². The van der Waals surface area contributed by atoms with E-state index in [1.165, 1.54) is 0 Å². The van der Waals surface area contributed by atoms with E-state index in [1.807, 2.05) is 44.2 Å². The summed E-state index contributed by atoms with van der Waals surface area (Å²) in [5.41, 5.74) is 4.73. The van der Waals surface area contributed by atoms with Gasteiger partial charge in [-0.25, -0.2) is 9.78 Å². The molecule has 1 aliphatic heterocycles. The highest BCUT2D eigenvalue weighted by Gasteiger charge is 2.31. The summed E-state index contributed by atoms with van der Waals surface area (Å²) in [5, 5.41) is 10.8. The van der Waals surface area contributed by atoms with Gasteiger partial charge in [0.2, 0.25) is 0 Å². The van der Waals surface area contributed by atoms with Gasteiger partial charge in [0.1, 0.15) is 11.8 Å². The van der Waals surface area contributed by atoms with E-state index in [0.29, 0.717) is 54.5 Å². The number of halogens is 1. The van der Waals surface area contributed by atoms with Crippen molar-refractivity contribution in [2.45, 2.75) is 51.5 Å². The van der Waals surface area contributed by atoms with E-state index in [2.05, 4.69) is 11.1 Å². The Morgan fingerprint density at radius 3 is 2.79 bits per heavy atom. The first kappa shape index (κ1) is 28.7. The number of amides is 2. The monoisotopic (exact) mass is 565 g/mol. The molecule has 39 heavy (non-hydrogen) atoms. The maximum atomic E-state index is 13.5. The van der Waals surface area contributed by atoms with Crippen LogP contribution in [0, 0.1) is 11.3 Å². The zero-order chi connectivity index (χ0) is 26.8. The minimum Gasteiger partial charge on any atom is -0.449 e. The van der Waals surface area contributed by atoms with Crippen molar-refractivity contribution < 1.29 is 14.3 Å². The molecule has 204 valence electrons. The zero-order valence-electron chi connectivity index (χ0n) is 22.1. The average Bonchev–Trinajstić information content (AvgIpc) is 2.95. The van der Waals surface area contributed by atoms with E-state index in [1.54, 1.807) is 16.0 Å². The summed E-state index contributed by atoms with van der Waals surface area (Å²) in [4.78, 5) is 38.2. The molecule has 2 aliphatic rings. The number of piperazine rings is 1. The molecule has 1 aromatic carbocycles. The molecule has 2 aromatic heterocycles. The topological polar surface area (TPSA) is 99.4 Å². The Bertz CT molecular complexity index is 1440. The molecule has 1 saturated heterocycles. The smallest absolute Gasteiger partial charge is 0.409 e. The molecular weight excluding hydrogens is 534 g/mol. The molecule has 0 saturated carbocycles. The van der Waals surface area contributed by atoms with Crippen LogP contribution in [-0.2, 0) is 17.6 Å². The van der Waals surface area contributed by atoms with Gasteiger partial charge in [-0.3, -0.25) is 9.78 Å². The fourth-order valence-electron chi connectivity index (χ4n) is 5.44. The van der Waals surface area contributed by atoms with Crippen molar-refractivity contribution in [1.29, 1.82) is 5.26 Å². The molecule has 0 bridgehead atoms. The number of nitriles is 1. The fraction of sp³-hybridized carbons (Fsp3) is 0.414. The highest BCUT2D eigenvalue weighted by Crippen LogP contribution is 2.38. The Morgan fingerprint density at radius 1 is 1.23 bits per heavy atom. The number of hydrogen-bond donors (Lipinski definition) is 0. The SMILES string of the molecule is CCCOC(=O)N1CCN(C(=O)c2ccc3c(Cl)c4c(nc3c2)CC(c2ccnc(C#N)c2)CC4)[C@@H](C)C1.S. The van der Waals surface area contributed by atoms with Gasteiger partial charge < -0.3 is 14.5 Å². The van der Waals surface area contributed by atoms with Crippen LogP contribution in [0.4, 0.5) is 4.79 Å². The number of fused-ring (bicyclic) bond motifs is 2. The van der Waals surface area contributed by atoms with Crippen molar-refractivity contribution >= 4 is 48.0 Å². The number of hydrogen-bond acceptors (Lipinski definition) is 6. The van der Waals surface area contributed by atoms with Gasteiger partial charge in [0.05, 0.1) is 17.1 Å². The third-order valence-electron chi connectivity index (χ3n) is 7.48. The van der Waals surface area contributed by atoms with Gasteiger partial charge in [0.25, 0.3) is 5.91 Å². The van der Waals surface area contributed by atoms with Crippen LogP contribution in [0.3, 0.4) is 0 Å². The number of pyridine rings is 2.